The normalized spacial score (nSPS) is 22.1. The fourth-order valence-corrected chi connectivity index (χ4v) is 4.03. The van der Waals surface area contributed by atoms with Crippen LogP contribution in [-0.2, 0) is 4.74 Å². The second-order valence-corrected chi connectivity index (χ2v) is 8.25. The lowest BCUT2D eigenvalue weighted by atomic mass is 10.1. The molecule has 12 heteroatoms. The van der Waals surface area contributed by atoms with Crippen molar-refractivity contribution in [1.82, 2.24) is 29.3 Å². The van der Waals surface area contributed by atoms with Crippen LogP contribution in [-0.4, -0.2) is 83.2 Å². The summed E-state index contributed by atoms with van der Waals surface area (Å²) in [6.45, 7) is 2.29. The molecule has 0 amide bonds. The van der Waals surface area contributed by atoms with Gasteiger partial charge in [0.1, 0.15) is 24.1 Å². The zero-order valence-electron chi connectivity index (χ0n) is 19.3. The lowest BCUT2D eigenvalue weighted by molar-refractivity contribution is -0.0511. The molecule has 4 atom stereocenters. The number of nitrogens with one attached hydrogen (secondary N) is 1. The average Bonchev–Trinajstić information content (AvgIpc) is 3.61. The van der Waals surface area contributed by atoms with E-state index in [9.17, 15) is 15.3 Å². The molecular weight excluding hydrogens is 454 g/mol. The zero-order valence-corrected chi connectivity index (χ0v) is 19.3. The van der Waals surface area contributed by atoms with Crippen molar-refractivity contribution in [2.24, 2.45) is 0 Å². The van der Waals surface area contributed by atoms with Crippen molar-refractivity contribution in [3.8, 4) is 22.8 Å². The molecule has 4 N–H and O–H groups in total. The van der Waals surface area contributed by atoms with Crippen LogP contribution in [0.3, 0.4) is 0 Å². The maximum Gasteiger partial charge on any atom is 0.254 e. The van der Waals surface area contributed by atoms with Gasteiger partial charge in [0.15, 0.2) is 23.2 Å². The Balaban J connectivity index is 1.56. The number of fused-ring (bicyclic) bond motifs is 1. The Hall–Kier alpha value is -3.58. The van der Waals surface area contributed by atoms with E-state index in [4.69, 9.17) is 9.47 Å². The molecule has 1 aliphatic heterocycles. The number of imidazole rings is 1. The van der Waals surface area contributed by atoms with Crippen molar-refractivity contribution in [1.29, 1.82) is 0 Å². The summed E-state index contributed by atoms with van der Waals surface area (Å²) in [4.78, 5) is 13.7. The van der Waals surface area contributed by atoms with E-state index in [1.54, 1.807) is 18.0 Å². The molecule has 4 heterocycles. The van der Waals surface area contributed by atoms with Crippen LogP contribution in [0, 0.1) is 0 Å². The Labute approximate surface area is 200 Å². The van der Waals surface area contributed by atoms with Crippen molar-refractivity contribution in [2.75, 3.05) is 25.6 Å². The smallest absolute Gasteiger partial charge is 0.254 e. The molecule has 184 valence electrons. The number of hydrogen-bond donors (Lipinski definition) is 4. The van der Waals surface area contributed by atoms with Gasteiger partial charge in [0, 0.05) is 18.3 Å². The number of benzene rings is 1. The summed E-state index contributed by atoms with van der Waals surface area (Å²) in [6, 6.07) is 7.63. The Morgan fingerprint density at radius 2 is 1.91 bits per heavy atom. The minimum absolute atomic E-state index is 0.296. The van der Waals surface area contributed by atoms with Crippen molar-refractivity contribution in [2.45, 2.75) is 37.9 Å². The van der Waals surface area contributed by atoms with Gasteiger partial charge in [0.25, 0.3) is 5.95 Å². The molecule has 1 fully saturated rings. The van der Waals surface area contributed by atoms with Gasteiger partial charge in [-0.3, -0.25) is 4.57 Å². The topological polar surface area (TPSA) is 153 Å². The zero-order chi connectivity index (χ0) is 24.5. The first-order valence-electron chi connectivity index (χ1n) is 11.3. The predicted octanol–water partition coefficient (Wildman–Crippen LogP) is 1.12. The van der Waals surface area contributed by atoms with E-state index in [0.29, 0.717) is 29.5 Å². The summed E-state index contributed by atoms with van der Waals surface area (Å²) in [7, 11) is 1.62. The quantitative estimate of drug-likeness (QED) is 0.288. The van der Waals surface area contributed by atoms with Crippen LogP contribution in [0.1, 0.15) is 19.6 Å². The molecular formula is C23H27N7O5. The highest BCUT2D eigenvalue weighted by Gasteiger charge is 2.44. The molecule has 12 nitrogen and oxygen atoms in total. The van der Waals surface area contributed by atoms with E-state index < -0.39 is 31.1 Å². The summed E-state index contributed by atoms with van der Waals surface area (Å²) in [6.07, 6.45) is 1.51. The van der Waals surface area contributed by atoms with Gasteiger partial charge >= 0.3 is 0 Å². The van der Waals surface area contributed by atoms with E-state index in [2.05, 4.69) is 25.4 Å². The lowest BCUT2D eigenvalue weighted by Crippen LogP contribution is -2.33. The van der Waals surface area contributed by atoms with E-state index in [1.807, 2.05) is 37.4 Å². The molecule has 0 radical (unpaired) electrons. The molecule has 3 aromatic heterocycles. The molecule has 35 heavy (non-hydrogen) atoms. The number of anilines is 1. The summed E-state index contributed by atoms with van der Waals surface area (Å²) >= 11 is 0. The molecule has 1 unspecified atom stereocenters. The number of aromatic nitrogens is 6. The largest absolute Gasteiger partial charge is 0.497 e. The number of aliphatic hydroxyl groups is 3. The Morgan fingerprint density at radius 1 is 1.11 bits per heavy atom. The molecule has 0 aliphatic carbocycles. The van der Waals surface area contributed by atoms with Crippen LogP contribution in [0.25, 0.3) is 28.2 Å². The number of nitrogens with zero attached hydrogens (tertiary/aromatic N) is 6. The first kappa shape index (κ1) is 23.2. The number of ether oxygens (including phenoxy) is 2. The number of hydrogen-bond acceptors (Lipinski definition) is 10. The average molecular weight is 482 g/mol. The van der Waals surface area contributed by atoms with Gasteiger partial charge in [-0.2, -0.15) is 15.1 Å². The summed E-state index contributed by atoms with van der Waals surface area (Å²) < 4.78 is 14.0. The van der Waals surface area contributed by atoms with Crippen molar-refractivity contribution in [3.05, 3.63) is 43.0 Å². The molecule has 1 aromatic carbocycles. The van der Waals surface area contributed by atoms with Gasteiger partial charge in [-0.05, 0) is 24.1 Å². The van der Waals surface area contributed by atoms with Crippen molar-refractivity contribution >= 4 is 17.0 Å². The molecule has 1 saturated heterocycles. The fraction of sp³-hybridized carbons (Fsp3) is 0.391. The van der Waals surface area contributed by atoms with E-state index in [1.165, 1.54) is 10.9 Å². The predicted molar refractivity (Wildman–Crippen MR) is 126 cm³/mol. The third kappa shape index (κ3) is 4.21. The van der Waals surface area contributed by atoms with Gasteiger partial charge in [-0.15, -0.1) is 0 Å². The second kappa shape index (κ2) is 9.58. The SMILES string of the molecule is CCCNc1nc(-n2cc(-c3ccc(OC)cc3)cn2)nc2c1ncn2C1O[C@H](CO)[C@@H](O)[C@H]1O. The van der Waals surface area contributed by atoms with Gasteiger partial charge in [-0.25, -0.2) is 9.67 Å². The summed E-state index contributed by atoms with van der Waals surface area (Å²) in [5.74, 6) is 1.57. The van der Waals surface area contributed by atoms with Crippen LogP contribution in [0.4, 0.5) is 5.82 Å². The second-order valence-electron chi connectivity index (χ2n) is 8.25. The Kier molecular flexibility index (Phi) is 6.34. The van der Waals surface area contributed by atoms with Crippen LogP contribution < -0.4 is 10.1 Å². The monoisotopic (exact) mass is 481 g/mol. The molecule has 5 rings (SSSR count). The van der Waals surface area contributed by atoms with Crippen LogP contribution in [0.5, 0.6) is 5.75 Å². The number of methoxy groups -OCH3 is 1. The standard InChI is InChI=1S/C23H27N7O5/c1-3-8-24-20-17-21(29(12-25-17)22-19(33)18(32)16(11-31)35-22)28-23(27-20)30-10-14(9-26-30)13-4-6-15(34-2)7-5-13/h4-7,9-10,12,16,18-19,22,31-33H,3,8,11H2,1-2H3,(H,24,27,28)/t16-,18-,19-,22?/m1/s1. The van der Waals surface area contributed by atoms with Crippen LogP contribution in [0.2, 0.25) is 0 Å². The third-order valence-corrected chi connectivity index (χ3v) is 5.95. The van der Waals surface area contributed by atoms with Crippen molar-refractivity contribution in [3.63, 3.8) is 0 Å². The molecule has 0 spiro atoms. The van der Waals surface area contributed by atoms with E-state index in [-0.39, 0.29) is 0 Å². The number of aliphatic hydroxyl groups excluding tert-OH is 3. The maximum absolute atomic E-state index is 10.5. The molecule has 4 aromatic rings. The van der Waals surface area contributed by atoms with Crippen LogP contribution >= 0.6 is 0 Å². The summed E-state index contributed by atoms with van der Waals surface area (Å²) in [5.41, 5.74) is 2.71. The van der Waals surface area contributed by atoms with Gasteiger partial charge in [0.05, 0.1) is 26.2 Å². The third-order valence-electron chi connectivity index (χ3n) is 5.95. The van der Waals surface area contributed by atoms with E-state index in [0.717, 1.165) is 23.3 Å². The first-order chi connectivity index (χ1) is 17.0. The molecule has 0 bridgehead atoms. The minimum atomic E-state index is -1.26. The highest BCUT2D eigenvalue weighted by molar-refractivity contribution is 5.83. The first-order valence-corrected chi connectivity index (χ1v) is 11.3. The Bertz CT molecular complexity index is 1310. The van der Waals surface area contributed by atoms with Gasteiger partial charge < -0.3 is 30.1 Å². The van der Waals surface area contributed by atoms with Crippen LogP contribution in [0.15, 0.2) is 43.0 Å². The Morgan fingerprint density at radius 3 is 2.60 bits per heavy atom. The fourth-order valence-electron chi connectivity index (χ4n) is 4.03. The van der Waals surface area contributed by atoms with Gasteiger partial charge in [0.2, 0.25) is 0 Å². The lowest BCUT2D eigenvalue weighted by Gasteiger charge is -2.17. The van der Waals surface area contributed by atoms with Gasteiger partial charge in [-0.1, -0.05) is 19.1 Å². The maximum atomic E-state index is 10.5. The molecule has 0 saturated carbocycles. The summed E-state index contributed by atoms with van der Waals surface area (Å²) in [5, 5.41) is 37.9. The van der Waals surface area contributed by atoms with E-state index >= 15 is 0 Å². The highest BCUT2D eigenvalue weighted by Crippen LogP contribution is 2.33. The number of rotatable bonds is 8. The minimum Gasteiger partial charge on any atom is -0.497 e. The molecule has 1 aliphatic rings. The highest BCUT2D eigenvalue weighted by atomic mass is 16.6. The van der Waals surface area contributed by atoms with Crippen molar-refractivity contribution < 1.29 is 24.8 Å².